The van der Waals surface area contributed by atoms with Crippen LogP contribution in [0.25, 0.3) is 0 Å². The van der Waals surface area contributed by atoms with Crippen molar-refractivity contribution < 1.29 is 18.3 Å². The maximum absolute atomic E-state index is 13.2. The molecule has 0 spiro atoms. The zero-order chi connectivity index (χ0) is 15.0. The smallest absolute Gasteiger partial charge is 0.410 e. The molecular weight excluding hydrogens is 278 g/mol. The molecule has 3 rings (SSSR count). The van der Waals surface area contributed by atoms with Gasteiger partial charge in [0, 0.05) is 18.7 Å². The minimum absolute atomic E-state index is 0.0142. The molecule has 3 unspecified atom stereocenters. The van der Waals surface area contributed by atoms with Crippen LogP contribution in [-0.2, 0) is 11.2 Å². The SMILES string of the molecule is NC(Cc1cc(F)cc(F)c1)C1OC(=O)N2CCCCC12. The summed E-state index contributed by atoms with van der Waals surface area (Å²) in [6.07, 6.45) is 2.41. The third kappa shape index (κ3) is 2.85. The fourth-order valence-electron chi connectivity index (χ4n) is 3.28. The van der Waals surface area contributed by atoms with E-state index >= 15 is 0 Å². The molecule has 2 fully saturated rings. The molecule has 2 aliphatic heterocycles. The molecule has 114 valence electrons. The number of amides is 1. The number of piperidine rings is 1. The lowest BCUT2D eigenvalue weighted by molar-refractivity contribution is 0.112. The number of hydrogen-bond donors (Lipinski definition) is 1. The molecule has 3 atom stereocenters. The Hall–Kier alpha value is -1.69. The second-order valence-corrected chi connectivity index (χ2v) is 5.75. The van der Waals surface area contributed by atoms with Crippen LogP contribution in [0.2, 0.25) is 0 Å². The predicted octanol–water partition coefficient (Wildman–Crippen LogP) is 2.21. The first-order chi connectivity index (χ1) is 10.0. The Bertz CT molecular complexity index is 532. The van der Waals surface area contributed by atoms with Crippen LogP contribution in [0.4, 0.5) is 13.6 Å². The summed E-state index contributed by atoms with van der Waals surface area (Å²) in [4.78, 5) is 13.5. The lowest BCUT2D eigenvalue weighted by Crippen LogP contribution is -2.48. The highest BCUT2D eigenvalue weighted by Gasteiger charge is 2.45. The van der Waals surface area contributed by atoms with Gasteiger partial charge < -0.3 is 15.4 Å². The van der Waals surface area contributed by atoms with Gasteiger partial charge in [-0.25, -0.2) is 13.6 Å². The predicted molar refractivity (Wildman–Crippen MR) is 72.7 cm³/mol. The molecule has 1 amide bonds. The van der Waals surface area contributed by atoms with Gasteiger partial charge >= 0.3 is 6.09 Å². The Morgan fingerprint density at radius 1 is 1.29 bits per heavy atom. The van der Waals surface area contributed by atoms with Crippen LogP contribution in [0.5, 0.6) is 0 Å². The van der Waals surface area contributed by atoms with Crippen LogP contribution in [-0.4, -0.2) is 35.7 Å². The van der Waals surface area contributed by atoms with Gasteiger partial charge in [-0.05, 0) is 43.4 Å². The van der Waals surface area contributed by atoms with E-state index in [1.807, 2.05) is 0 Å². The van der Waals surface area contributed by atoms with E-state index in [1.165, 1.54) is 12.1 Å². The average molecular weight is 296 g/mol. The van der Waals surface area contributed by atoms with Crippen molar-refractivity contribution in [3.63, 3.8) is 0 Å². The first kappa shape index (κ1) is 14.3. The summed E-state index contributed by atoms with van der Waals surface area (Å²) in [5.74, 6) is -1.25. The number of cyclic esters (lactones) is 1. The molecule has 1 aromatic rings. The highest BCUT2D eigenvalue weighted by atomic mass is 19.1. The maximum Gasteiger partial charge on any atom is 0.410 e. The number of nitrogens with zero attached hydrogens (tertiary/aromatic N) is 1. The summed E-state index contributed by atoms with van der Waals surface area (Å²) in [7, 11) is 0. The van der Waals surface area contributed by atoms with Gasteiger partial charge in [-0.2, -0.15) is 0 Å². The van der Waals surface area contributed by atoms with E-state index in [0.29, 0.717) is 12.1 Å². The van der Waals surface area contributed by atoms with E-state index < -0.39 is 23.8 Å². The summed E-state index contributed by atoms with van der Waals surface area (Å²) in [5.41, 5.74) is 6.61. The van der Waals surface area contributed by atoms with Gasteiger partial charge in [0.05, 0.1) is 6.04 Å². The molecule has 21 heavy (non-hydrogen) atoms. The van der Waals surface area contributed by atoms with E-state index in [-0.39, 0.29) is 18.6 Å². The van der Waals surface area contributed by atoms with Gasteiger partial charge in [-0.3, -0.25) is 0 Å². The number of carbonyl (C=O) groups is 1. The van der Waals surface area contributed by atoms with Crippen molar-refractivity contribution in [2.24, 2.45) is 5.73 Å². The van der Waals surface area contributed by atoms with Crippen molar-refractivity contribution in [1.82, 2.24) is 4.90 Å². The number of benzene rings is 1. The molecule has 0 aromatic heterocycles. The molecule has 1 aromatic carbocycles. The zero-order valence-electron chi connectivity index (χ0n) is 11.6. The molecule has 2 heterocycles. The van der Waals surface area contributed by atoms with Crippen molar-refractivity contribution in [3.05, 3.63) is 35.4 Å². The minimum atomic E-state index is -0.625. The van der Waals surface area contributed by atoms with Crippen molar-refractivity contribution in [2.45, 2.75) is 43.9 Å². The maximum atomic E-state index is 13.2. The van der Waals surface area contributed by atoms with Crippen LogP contribution in [0.15, 0.2) is 18.2 Å². The second kappa shape index (κ2) is 5.60. The monoisotopic (exact) mass is 296 g/mol. The van der Waals surface area contributed by atoms with Gasteiger partial charge in [0.2, 0.25) is 0 Å². The number of fused-ring (bicyclic) bond motifs is 1. The Morgan fingerprint density at radius 2 is 2.00 bits per heavy atom. The molecule has 6 heteroatoms. The lowest BCUT2D eigenvalue weighted by atomic mass is 9.92. The molecule has 2 aliphatic rings. The third-order valence-electron chi connectivity index (χ3n) is 4.22. The van der Waals surface area contributed by atoms with Crippen molar-refractivity contribution in [2.75, 3.05) is 6.54 Å². The summed E-state index contributed by atoms with van der Waals surface area (Å²) >= 11 is 0. The molecule has 0 saturated carbocycles. The van der Waals surface area contributed by atoms with Crippen molar-refractivity contribution in [1.29, 1.82) is 0 Å². The summed E-state index contributed by atoms with van der Waals surface area (Å²) in [6.45, 7) is 0.696. The van der Waals surface area contributed by atoms with E-state index in [1.54, 1.807) is 4.90 Å². The minimum Gasteiger partial charge on any atom is -0.442 e. The Labute approximate surface area is 121 Å². The molecular formula is C15H18F2N2O2. The van der Waals surface area contributed by atoms with Crippen molar-refractivity contribution >= 4 is 6.09 Å². The van der Waals surface area contributed by atoms with E-state index in [9.17, 15) is 13.6 Å². The van der Waals surface area contributed by atoms with Crippen molar-refractivity contribution in [3.8, 4) is 0 Å². The van der Waals surface area contributed by atoms with E-state index in [2.05, 4.69) is 0 Å². The Kier molecular flexibility index (Phi) is 3.80. The van der Waals surface area contributed by atoms with Gasteiger partial charge in [0.25, 0.3) is 0 Å². The quantitative estimate of drug-likeness (QED) is 0.930. The largest absolute Gasteiger partial charge is 0.442 e. The summed E-state index contributed by atoms with van der Waals surface area (Å²) < 4.78 is 31.8. The fraction of sp³-hybridized carbons (Fsp3) is 0.533. The number of halogens is 2. The van der Waals surface area contributed by atoms with Crippen LogP contribution >= 0.6 is 0 Å². The van der Waals surface area contributed by atoms with Crippen LogP contribution in [0.3, 0.4) is 0 Å². The molecule has 2 N–H and O–H groups in total. The fourth-order valence-corrected chi connectivity index (χ4v) is 3.28. The first-order valence-corrected chi connectivity index (χ1v) is 7.22. The lowest BCUT2D eigenvalue weighted by Gasteiger charge is -2.31. The first-order valence-electron chi connectivity index (χ1n) is 7.22. The molecule has 2 saturated heterocycles. The van der Waals surface area contributed by atoms with Gasteiger partial charge in [0.1, 0.15) is 17.7 Å². The zero-order valence-corrected chi connectivity index (χ0v) is 11.6. The third-order valence-corrected chi connectivity index (χ3v) is 4.22. The second-order valence-electron chi connectivity index (χ2n) is 5.75. The average Bonchev–Trinajstić information content (AvgIpc) is 2.76. The highest BCUT2D eigenvalue weighted by Crippen LogP contribution is 2.30. The number of rotatable bonds is 3. The van der Waals surface area contributed by atoms with Gasteiger partial charge in [-0.1, -0.05) is 0 Å². The number of ether oxygens (including phenoxy) is 1. The standard InChI is InChI=1S/C15H18F2N2O2/c16-10-5-9(6-11(17)8-10)7-12(18)14-13-3-1-2-4-19(13)15(20)21-14/h5-6,8,12-14H,1-4,7,18H2. The molecule has 0 aliphatic carbocycles. The van der Waals surface area contributed by atoms with E-state index in [4.69, 9.17) is 10.5 Å². The number of nitrogens with two attached hydrogens (primary N) is 1. The van der Waals surface area contributed by atoms with Gasteiger partial charge in [0.15, 0.2) is 0 Å². The Balaban J connectivity index is 1.73. The number of hydrogen-bond acceptors (Lipinski definition) is 3. The van der Waals surface area contributed by atoms with Crippen LogP contribution in [0.1, 0.15) is 24.8 Å². The normalized spacial score (nSPS) is 26.4. The summed E-state index contributed by atoms with van der Waals surface area (Å²) in [5, 5.41) is 0. The van der Waals surface area contributed by atoms with E-state index in [0.717, 1.165) is 25.3 Å². The molecule has 4 nitrogen and oxygen atoms in total. The summed E-state index contributed by atoms with van der Waals surface area (Å²) in [6, 6.07) is 2.87. The molecule has 0 radical (unpaired) electrons. The number of carbonyl (C=O) groups excluding carboxylic acids is 1. The Morgan fingerprint density at radius 3 is 2.71 bits per heavy atom. The van der Waals surface area contributed by atoms with Gasteiger partial charge in [-0.15, -0.1) is 0 Å². The molecule has 0 bridgehead atoms. The van der Waals surface area contributed by atoms with Crippen LogP contribution < -0.4 is 5.73 Å². The topological polar surface area (TPSA) is 55.6 Å². The van der Waals surface area contributed by atoms with Crippen LogP contribution in [0, 0.1) is 11.6 Å². The highest BCUT2D eigenvalue weighted by molar-refractivity contribution is 5.71.